The van der Waals surface area contributed by atoms with Crippen LogP contribution in [0, 0.1) is 10.1 Å². The molecular formula is C20H22N4O2. The van der Waals surface area contributed by atoms with Crippen molar-refractivity contribution in [3.05, 3.63) is 70.9 Å². The highest BCUT2D eigenvalue weighted by Crippen LogP contribution is 2.19. The van der Waals surface area contributed by atoms with Crippen LogP contribution >= 0.6 is 0 Å². The molecule has 0 radical (unpaired) electrons. The van der Waals surface area contributed by atoms with Crippen molar-refractivity contribution in [2.45, 2.75) is 27.7 Å². The van der Waals surface area contributed by atoms with Gasteiger partial charge in [-0.2, -0.15) is 0 Å². The summed E-state index contributed by atoms with van der Waals surface area (Å²) in [6.45, 7) is 8.00. The molecule has 2 aromatic carbocycles. The van der Waals surface area contributed by atoms with Crippen LogP contribution in [0.5, 0.6) is 0 Å². The first-order valence-corrected chi connectivity index (χ1v) is 8.72. The molecule has 0 aliphatic heterocycles. The van der Waals surface area contributed by atoms with Gasteiger partial charge in [-0.25, -0.2) is 4.98 Å². The van der Waals surface area contributed by atoms with Gasteiger partial charge in [-0.3, -0.25) is 0 Å². The highest BCUT2D eigenvalue weighted by molar-refractivity contribution is 5.81. The van der Waals surface area contributed by atoms with E-state index in [0.29, 0.717) is 20.5 Å². The minimum absolute atomic E-state index is 0.0579. The van der Waals surface area contributed by atoms with Crippen LogP contribution in [0.2, 0.25) is 0 Å². The average molecular weight is 350 g/mol. The predicted molar refractivity (Wildman–Crippen MR) is 105 cm³/mol. The van der Waals surface area contributed by atoms with E-state index < -0.39 is 0 Å². The molecule has 0 aliphatic carbocycles. The van der Waals surface area contributed by atoms with Crippen LogP contribution in [0.1, 0.15) is 27.7 Å². The van der Waals surface area contributed by atoms with E-state index in [0.717, 1.165) is 5.56 Å². The number of rotatable bonds is 1. The lowest BCUT2D eigenvalue weighted by Gasteiger charge is -2.13. The van der Waals surface area contributed by atoms with Crippen LogP contribution in [0.25, 0.3) is 33.6 Å². The van der Waals surface area contributed by atoms with Crippen molar-refractivity contribution in [3.63, 3.8) is 0 Å². The Morgan fingerprint density at radius 1 is 0.885 bits per heavy atom. The smallest absolute Gasteiger partial charge is 0.394 e. The number of benzene rings is 2. The van der Waals surface area contributed by atoms with Crippen LogP contribution in [0.4, 0.5) is 0 Å². The molecule has 134 valence electrons. The summed E-state index contributed by atoms with van der Waals surface area (Å²) in [5.41, 5.74) is 1.56. The summed E-state index contributed by atoms with van der Waals surface area (Å²) in [6, 6.07) is 15.9. The maximum Gasteiger partial charge on any atom is 0.394 e. The second kappa shape index (κ2) is 8.71. The number of aromatic nitrogens is 4. The fourth-order valence-corrected chi connectivity index (χ4v) is 2.44. The van der Waals surface area contributed by atoms with E-state index in [1.54, 1.807) is 24.3 Å². The molecule has 0 amide bonds. The fraction of sp³-hybridized carbons (Fsp3) is 0.200. The Morgan fingerprint density at radius 3 is 2.19 bits per heavy atom. The molecule has 0 aliphatic rings. The molecule has 2 heterocycles. The van der Waals surface area contributed by atoms with Gasteiger partial charge in [0.05, 0.1) is 11.7 Å². The minimum atomic E-state index is 0.0579. The largest absolute Gasteiger partial charge is 0.805 e. The summed E-state index contributed by atoms with van der Waals surface area (Å²) >= 11 is 0. The number of hydrogen-bond donors (Lipinski definition) is 0. The maximum absolute atomic E-state index is 12.5. The molecular weight excluding hydrogens is 328 g/mol. The Labute approximate surface area is 152 Å². The Hall–Kier alpha value is -3.28. The molecule has 6 nitrogen and oxygen atoms in total. The van der Waals surface area contributed by atoms with E-state index in [4.69, 9.17) is 0 Å². The summed E-state index contributed by atoms with van der Waals surface area (Å²) in [5.74, 6) is 0.410. The molecule has 26 heavy (non-hydrogen) atoms. The van der Waals surface area contributed by atoms with Gasteiger partial charge in [0.2, 0.25) is 5.52 Å². The lowest BCUT2D eigenvalue weighted by Crippen LogP contribution is -2.21. The van der Waals surface area contributed by atoms with Gasteiger partial charge in [0.15, 0.2) is 5.52 Å². The molecule has 0 spiro atoms. The van der Waals surface area contributed by atoms with Crippen molar-refractivity contribution in [2.75, 3.05) is 0 Å². The Morgan fingerprint density at radius 2 is 1.50 bits per heavy atom. The molecule has 0 unspecified atom stereocenters. The van der Waals surface area contributed by atoms with Crippen molar-refractivity contribution >= 4 is 22.2 Å². The first kappa shape index (κ1) is 19.1. The van der Waals surface area contributed by atoms with Crippen molar-refractivity contribution in [3.8, 4) is 11.4 Å². The van der Waals surface area contributed by atoms with Gasteiger partial charge in [0.25, 0.3) is 5.82 Å². The fourth-order valence-electron chi connectivity index (χ4n) is 2.44. The summed E-state index contributed by atoms with van der Waals surface area (Å²) in [4.78, 5) is 21.0. The summed E-state index contributed by atoms with van der Waals surface area (Å²) in [6.07, 6.45) is 1.39. The van der Waals surface area contributed by atoms with Crippen molar-refractivity contribution in [1.29, 1.82) is 0 Å². The van der Waals surface area contributed by atoms with Gasteiger partial charge in [-0.15, -0.1) is 0 Å². The number of nitrogens with zero attached hydrogens (tertiary/aromatic N) is 4. The van der Waals surface area contributed by atoms with Gasteiger partial charge >= 0.3 is 5.65 Å². The van der Waals surface area contributed by atoms with Gasteiger partial charge in [0.1, 0.15) is 0 Å². The third-order valence-electron chi connectivity index (χ3n) is 3.51. The van der Waals surface area contributed by atoms with Crippen molar-refractivity contribution in [2.24, 2.45) is 0 Å². The van der Waals surface area contributed by atoms with Crippen LogP contribution in [0.3, 0.4) is 0 Å². The highest BCUT2D eigenvalue weighted by atomic mass is 16.5. The molecule has 0 saturated carbocycles. The van der Waals surface area contributed by atoms with E-state index in [9.17, 15) is 10.1 Å². The van der Waals surface area contributed by atoms with E-state index in [1.807, 2.05) is 58.0 Å². The van der Waals surface area contributed by atoms with Gasteiger partial charge in [-0.1, -0.05) is 62.9 Å². The van der Waals surface area contributed by atoms with E-state index >= 15 is 0 Å². The van der Waals surface area contributed by atoms with Gasteiger partial charge < -0.3 is 9.94 Å². The molecule has 0 bridgehead atoms. The monoisotopic (exact) mass is 350 g/mol. The van der Waals surface area contributed by atoms with Gasteiger partial charge in [-0.05, 0) is 29.2 Å². The van der Waals surface area contributed by atoms with E-state index in [2.05, 4.69) is 9.97 Å². The summed E-state index contributed by atoms with van der Waals surface area (Å²) in [7, 11) is 0. The lowest BCUT2D eigenvalue weighted by molar-refractivity contribution is -0.435. The Balaban J connectivity index is 0.000000570. The van der Waals surface area contributed by atoms with Crippen LogP contribution in [0.15, 0.2) is 60.8 Å². The second-order valence-corrected chi connectivity index (χ2v) is 4.85. The highest BCUT2D eigenvalue weighted by Gasteiger charge is 2.18. The molecule has 0 saturated heterocycles. The minimum Gasteiger partial charge on any atom is -0.805 e. The molecule has 6 heteroatoms. The van der Waals surface area contributed by atoms with Crippen molar-refractivity contribution in [1.82, 2.24) is 14.7 Å². The van der Waals surface area contributed by atoms with Crippen molar-refractivity contribution < 1.29 is 4.43 Å². The average Bonchev–Trinajstić information content (AvgIpc) is 2.75. The van der Waals surface area contributed by atoms with Crippen LogP contribution in [-0.2, 0) is 0 Å². The number of fused-ring (bicyclic) bond motifs is 2. The van der Waals surface area contributed by atoms with Crippen LogP contribution in [-0.4, -0.2) is 14.7 Å². The zero-order valence-electron chi connectivity index (χ0n) is 15.4. The van der Waals surface area contributed by atoms with E-state index in [1.165, 1.54) is 6.20 Å². The molecule has 4 rings (SSSR count). The molecule has 0 N–H and O–H groups in total. The van der Waals surface area contributed by atoms with Gasteiger partial charge in [0, 0.05) is 9.99 Å². The Bertz CT molecular complexity index is 1060. The molecule has 4 aromatic rings. The molecule has 0 atom stereocenters. The summed E-state index contributed by atoms with van der Waals surface area (Å²) in [5, 5.41) is 12.4. The predicted octanol–water partition coefficient (Wildman–Crippen LogP) is 4.56. The number of hydrogen-bond acceptors (Lipinski definition) is 4. The second-order valence-electron chi connectivity index (χ2n) is 4.85. The summed E-state index contributed by atoms with van der Waals surface area (Å²) < 4.78 is 1.36. The first-order valence-electron chi connectivity index (χ1n) is 8.72. The quantitative estimate of drug-likeness (QED) is 0.372. The van der Waals surface area contributed by atoms with Crippen LogP contribution < -0.4 is 4.43 Å². The SMILES string of the molecule is CC.CC.O=[n+]1c2ccccc2n([O-])c2cnc(-c3ccccc3)nc21. The third kappa shape index (κ3) is 3.39. The topological polar surface area (TPSA) is 76.7 Å². The van der Waals surface area contributed by atoms with E-state index in [-0.39, 0.29) is 16.7 Å². The third-order valence-corrected chi connectivity index (χ3v) is 3.51. The first-order chi connectivity index (χ1) is 12.8. The standard InChI is InChI=1S/C16H10N4O2.2C2H6/c21-19-12-8-4-5-9-13(12)20(22)16-14(19)10-17-15(18-16)11-6-2-1-3-7-11;2*1-2/h1-10H;2*1-2H3. The maximum atomic E-state index is 12.5. The Kier molecular flexibility index (Phi) is 6.38. The lowest BCUT2D eigenvalue weighted by atomic mass is 10.2. The number of para-hydroxylation sites is 2. The zero-order valence-corrected chi connectivity index (χ0v) is 15.4. The molecule has 0 fully saturated rings. The molecule has 2 aromatic heterocycles. The normalized spacial score (nSPS) is 9.85. The zero-order chi connectivity index (χ0) is 19.1.